The van der Waals surface area contributed by atoms with Crippen LogP contribution in [-0.4, -0.2) is 36.7 Å². The number of nitrogens with zero attached hydrogens (tertiary/aromatic N) is 2. The first-order valence-electron chi connectivity index (χ1n) is 10.2. The van der Waals surface area contributed by atoms with Gasteiger partial charge in [-0.3, -0.25) is 10.1 Å². The largest absolute Gasteiger partial charge is 0.298 e. The van der Waals surface area contributed by atoms with Crippen LogP contribution in [0.1, 0.15) is 75.3 Å². The van der Waals surface area contributed by atoms with Crippen molar-refractivity contribution in [3.8, 4) is 0 Å². The van der Waals surface area contributed by atoms with Gasteiger partial charge in [0.25, 0.3) is 5.91 Å². The van der Waals surface area contributed by atoms with Crippen molar-refractivity contribution in [1.82, 2.24) is 9.29 Å². The maximum atomic E-state index is 13.0. The van der Waals surface area contributed by atoms with E-state index in [-0.39, 0.29) is 10.8 Å². The highest BCUT2D eigenvalue weighted by molar-refractivity contribution is 7.89. The molecule has 0 unspecified atom stereocenters. The Morgan fingerprint density at radius 2 is 1.69 bits per heavy atom. The Morgan fingerprint density at radius 3 is 2.17 bits per heavy atom. The van der Waals surface area contributed by atoms with E-state index in [0.717, 1.165) is 31.4 Å². The average Bonchev–Trinajstić information content (AvgIpc) is 3.17. The summed E-state index contributed by atoms with van der Waals surface area (Å²) >= 11 is 1.38. The summed E-state index contributed by atoms with van der Waals surface area (Å²) in [5.41, 5.74) is 1.34. The number of sulfonamides is 1. The molecule has 0 spiro atoms. The van der Waals surface area contributed by atoms with Crippen LogP contribution in [0.2, 0.25) is 0 Å². The first-order chi connectivity index (χ1) is 13.8. The SMILES string of the molecule is CCCCN(CCCC)S(=O)(=O)c1ccc(C(=O)Nc2nc(C(C)C)cs2)cc1. The number of anilines is 1. The summed E-state index contributed by atoms with van der Waals surface area (Å²) in [6.45, 7) is 9.22. The predicted molar refractivity (Wildman–Crippen MR) is 119 cm³/mol. The normalized spacial score (nSPS) is 11.9. The van der Waals surface area contributed by atoms with Gasteiger partial charge in [0.2, 0.25) is 10.0 Å². The van der Waals surface area contributed by atoms with Gasteiger partial charge in [-0.2, -0.15) is 4.31 Å². The highest BCUT2D eigenvalue weighted by Gasteiger charge is 2.23. The van der Waals surface area contributed by atoms with Gasteiger partial charge in [-0.15, -0.1) is 11.3 Å². The lowest BCUT2D eigenvalue weighted by molar-refractivity contribution is 0.102. The molecule has 8 heteroatoms. The van der Waals surface area contributed by atoms with E-state index in [4.69, 9.17) is 0 Å². The zero-order valence-corrected chi connectivity index (χ0v) is 19.3. The number of nitrogens with one attached hydrogen (secondary N) is 1. The lowest BCUT2D eigenvalue weighted by atomic mass is 10.2. The van der Waals surface area contributed by atoms with Gasteiger partial charge in [-0.1, -0.05) is 40.5 Å². The second-order valence-electron chi connectivity index (χ2n) is 7.32. The van der Waals surface area contributed by atoms with Crippen LogP contribution in [-0.2, 0) is 10.0 Å². The molecule has 1 aromatic carbocycles. The molecule has 2 rings (SSSR count). The summed E-state index contributed by atoms with van der Waals surface area (Å²) in [7, 11) is -3.56. The molecule has 0 saturated heterocycles. The van der Waals surface area contributed by atoms with E-state index in [1.54, 1.807) is 16.4 Å². The van der Waals surface area contributed by atoms with Crippen LogP contribution in [0.15, 0.2) is 34.5 Å². The van der Waals surface area contributed by atoms with Crippen LogP contribution in [0.3, 0.4) is 0 Å². The third-order valence-corrected chi connectivity index (χ3v) is 7.30. The van der Waals surface area contributed by atoms with Crippen LogP contribution >= 0.6 is 11.3 Å². The van der Waals surface area contributed by atoms with Crippen molar-refractivity contribution in [2.45, 2.75) is 64.2 Å². The number of amides is 1. The first kappa shape index (κ1) is 23.5. The highest BCUT2D eigenvalue weighted by Crippen LogP contribution is 2.23. The number of hydrogen-bond donors (Lipinski definition) is 1. The van der Waals surface area contributed by atoms with Crippen molar-refractivity contribution in [3.63, 3.8) is 0 Å². The van der Waals surface area contributed by atoms with Crippen molar-refractivity contribution in [2.24, 2.45) is 0 Å². The minimum Gasteiger partial charge on any atom is -0.298 e. The van der Waals surface area contributed by atoms with Gasteiger partial charge in [0.15, 0.2) is 5.13 Å². The molecule has 29 heavy (non-hydrogen) atoms. The molecule has 0 aliphatic heterocycles. The smallest absolute Gasteiger partial charge is 0.257 e. The van der Waals surface area contributed by atoms with E-state index >= 15 is 0 Å². The van der Waals surface area contributed by atoms with Gasteiger partial charge < -0.3 is 0 Å². The number of aromatic nitrogens is 1. The van der Waals surface area contributed by atoms with Crippen LogP contribution < -0.4 is 5.32 Å². The van der Waals surface area contributed by atoms with Crippen molar-refractivity contribution < 1.29 is 13.2 Å². The molecule has 1 N–H and O–H groups in total. The van der Waals surface area contributed by atoms with Crippen LogP contribution in [0.25, 0.3) is 0 Å². The fraction of sp³-hybridized carbons (Fsp3) is 0.524. The van der Waals surface area contributed by atoms with Gasteiger partial charge in [0.05, 0.1) is 10.6 Å². The van der Waals surface area contributed by atoms with Crippen molar-refractivity contribution in [3.05, 3.63) is 40.9 Å². The summed E-state index contributed by atoms with van der Waals surface area (Å²) in [5.74, 6) is -0.00261. The van der Waals surface area contributed by atoms with E-state index in [2.05, 4.69) is 10.3 Å². The summed E-state index contributed by atoms with van der Waals surface area (Å²) in [6, 6.07) is 6.13. The monoisotopic (exact) mass is 437 g/mol. The number of hydrogen-bond acceptors (Lipinski definition) is 5. The van der Waals surface area contributed by atoms with Crippen molar-refractivity contribution in [2.75, 3.05) is 18.4 Å². The van der Waals surface area contributed by atoms with E-state index in [0.29, 0.717) is 29.7 Å². The molecule has 6 nitrogen and oxygen atoms in total. The Hall–Kier alpha value is -1.77. The Morgan fingerprint density at radius 1 is 1.10 bits per heavy atom. The predicted octanol–water partition coefficient (Wildman–Crippen LogP) is 5.11. The maximum absolute atomic E-state index is 13.0. The van der Waals surface area contributed by atoms with Crippen LogP contribution in [0.4, 0.5) is 5.13 Å². The lowest BCUT2D eigenvalue weighted by Crippen LogP contribution is -2.33. The molecule has 0 radical (unpaired) electrons. The molecular formula is C21H31N3O3S2. The quantitative estimate of drug-likeness (QED) is 0.530. The topological polar surface area (TPSA) is 79.4 Å². The molecular weight excluding hydrogens is 406 g/mol. The molecule has 1 amide bonds. The van der Waals surface area contributed by atoms with Gasteiger partial charge in [-0.05, 0) is 43.0 Å². The summed E-state index contributed by atoms with van der Waals surface area (Å²) in [4.78, 5) is 17.1. The van der Waals surface area contributed by atoms with Gasteiger partial charge in [-0.25, -0.2) is 13.4 Å². The summed E-state index contributed by atoms with van der Waals surface area (Å²) < 4.78 is 27.6. The van der Waals surface area contributed by atoms with Crippen molar-refractivity contribution in [1.29, 1.82) is 0 Å². The highest BCUT2D eigenvalue weighted by atomic mass is 32.2. The number of carbonyl (C=O) groups is 1. The Kier molecular flexibility index (Phi) is 8.79. The molecule has 0 atom stereocenters. The Balaban J connectivity index is 2.12. The first-order valence-corrected chi connectivity index (χ1v) is 12.5. The number of rotatable bonds is 11. The van der Waals surface area contributed by atoms with Gasteiger partial charge in [0.1, 0.15) is 0 Å². The third-order valence-electron chi connectivity index (χ3n) is 4.61. The fourth-order valence-electron chi connectivity index (χ4n) is 2.73. The number of unbranched alkanes of at least 4 members (excludes halogenated alkanes) is 2. The minimum absolute atomic E-state index is 0.220. The Bertz CT molecular complexity index is 882. The molecule has 2 aromatic rings. The minimum atomic E-state index is -3.56. The molecule has 1 aromatic heterocycles. The fourth-order valence-corrected chi connectivity index (χ4v) is 5.11. The standard InChI is InChI=1S/C21H31N3O3S2/c1-5-7-13-24(14-8-6-2)29(26,27)18-11-9-17(10-12-18)20(25)23-21-22-19(15-28-21)16(3)4/h9-12,15-16H,5-8,13-14H2,1-4H3,(H,22,23,25). The van der Waals surface area contributed by atoms with Gasteiger partial charge in [0, 0.05) is 24.0 Å². The van der Waals surface area contributed by atoms with E-state index in [1.165, 1.54) is 23.5 Å². The molecule has 0 fully saturated rings. The number of thiazole rings is 1. The van der Waals surface area contributed by atoms with Crippen molar-refractivity contribution >= 4 is 32.4 Å². The molecule has 0 aliphatic rings. The van der Waals surface area contributed by atoms with E-state index in [9.17, 15) is 13.2 Å². The second-order valence-corrected chi connectivity index (χ2v) is 10.1. The maximum Gasteiger partial charge on any atom is 0.257 e. The number of carbonyl (C=O) groups excluding carboxylic acids is 1. The van der Waals surface area contributed by atoms with Crippen LogP contribution in [0, 0.1) is 0 Å². The van der Waals surface area contributed by atoms with E-state index < -0.39 is 10.0 Å². The van der Waals surface area contributed by atoms with E-state index in [1.807, 2.05) is 33.1 Å². The van der Waals surface area contributed by atoms with Crippen LogP contribution in [0.5, 0.6) is 0 Å². The number of benzene rings is 1. The lowest BCUT2D eigenvalue weighted by Gasteiger charge is -2.22. The molecule has 0 aliphatic carbocycles. The zero-order valence-electron chi connectivity index (χ0n) is 17.6. The summed E-state index contributed by atoms with van der Waals surface area (Å²) in [5, 5.41) is 5.25. The molecule has 0 saturated carbocycles. The zero-order chi connectivity index (χ0) is 21.4. The molecule has 0 bridgehead atoms. The third kappa shape index (κ3) is 6.35. The molecule has 1 heterocycles. The summed E-state index contributed by atoms with van der Waals surface area (Å²) in [6.07, 6.45) is 3.53. The average molecular weight is 438 g/mol. The Labute approximate surface area is 178 Å². The second kappa shape index (κ2) is 10.8. The molecule has 160 valence electrons. The van der Waals surface area contributed by atoms with Gasteiger partial charge >= 0.3 is 0 Å².